The van der Waals surface area contributed by atoms with Crippen LogP contribution in [0.4, 0.5) is 13.2 Å². The van der Waals surface area contributed by atoms with Gasteiger partial charge in [0.15, 0.2) is 0 Å². The minimum absolute atomic E-state index is 0.409. The predicted molar refractivity (Wildman–Crippen MR) is 57.3 cm³/mol. The Balaban J connectivity index is 2.57. The maximum Gasteiger partial charge on any atom is 0.398 e. The van der Waals surface area contributed by atoms with Gasteiger partial charge in [0.2, 0.25) is 0 Å². The van der Waals surface area contributed by atoms with Crippen molar-refractivity contribution in [2.75, 3.05) is 5.75 Å². The van der Waals surface area contributed by atoms with Gasteiger partial charge >= 0.3 is 6.18 Å². The zero-order chi connectivity index (χ0) is 11.5. The number of thioether (sulfide) groups is 1. The first-order valence-electron chi connectivity index (χ1n) is 4.68. The zero-order valence-corrected chi connectivity index (χ0v) is 9.45. The van der Waals surface area contributed by atoms with Crippen LogP contribution in [0.5, 0.6) is 0 Å². The molecule has 0 heterocycles. The molecule has 4 heteroatoms. The van der Waals surface area contributed by atoms with Crippen molar-refractivity contribution in [1.29, 1.82) is 0 Å². The summed E-state index contributed by atoms with van der Waals surface area (Å²) in [6.07, 6.45) is -4.10. The third kappa shape index (κ3) is 4.60. The second-order valence-electron chi connectivity index (χ2n) is 3.63. The van der Waals surface area contributed by atoms with Crippen LogP contribution in [0.2, 0.25) is 0 Å². The maximum absolute atomic E-state index is 11.9. The van der Waals surface area contributed by atoms with E-state index in [2.05, 4.69) is 13.8 Å². The fourth-order valence-electron chi connectivity index (χ4n) is 1.11. The molecule has 0 saturated heterocycles. The molecule has 1 rings (SSSR count). The molecule has 0 aliphatic heterocycles. The highest BCUT2D eigenvalue weighted by Crippen LogP contribution is 2.28. The van der Waals surface area contributed by atoms with Gasteiger partial charge in [0, 0.05) is 4.90 Å². The largest absolute Gasteiger partial charge is 0.398 e. The second kappa shape index (κ2) is 4.92. The van der Waals surface area contributed by atoms with Crippen molar-refractivity contribution < 1.29 is 13.2 Å². The van der Waals surface area contributed by atoms with E-state index in [9.17, 15) is 13.2 Å². The third-order valence-corrected chi connectivity index (χ3v) is 3.03. The Labute approximate surface area is 91.9 Å². The van der Waals surface area contributed by atoms with E-state index in [1.165, 1.54) is 0 Å². The fourth-order valence-corrected chi connectivity index (χ4v) is 1.77. The average molecular weight is 234 g/mol. The highest BCUT2D eigenvalue weighted by atomic mass is 32.2. The summed E-state index contributed by atoms with van der Waals surface area (Å²) in [4.78, 5) is 0.664. The van der Waals surface area contributed by atoms with Gasteiger partial charge in [0.25, 0.3) is 0 Å². The van der Waals surface area contributed by atoms with Crippen molar-refractivity contribution in [2.24, 2.45) is 0 Å². The van der Waals surface area contributed by atoms with E-state index in [1.807, 2.05) is 12.1 Å². The summed E-state index contributed by atoms with van der Waals surface area (Å²) in [6.45, 7) is 4.11. The van der Waals surface area contributed by atoms with Gasteiger partial charge < -0.3 is 0 Å². The van der Waals surface area contributed by atoms with E-state index in [-0.39, 0.29) is 0 Å². The van der Waals surface area contributed by atoms with Crippen molar-refractivity contribution in [3.05, 3.63) is 29.8 Å². The van der Waals surface area contributed by atoms with Crippen LogP contribution in [0, 0.1) is 0 Å². The van der Waals surface area contributed by atoms with Crippen molar-refractivity contribution in [1.82, 2.24) is 0 Å². The van der Waals surface area contributed by atoms with Crippen LogP contribution >= 0.6 is 11.8 Å². The first kappa shape index (κ1) is 12.4. The topological polar surface area (TPSA) is 0 Å². The predicted octanol–water partition coefficient (Wildman–Crippen LogP) is 4.46. The molecule has 0 aliphatic rings. The molecule has 0 saturated carbocycles. The first-order chi connectivity index (χ1) is 6.88. The molecule has 0 spiro atoms. The highest BCUT2D eigenvalue weighted by Gasteiger charge is 2.27. The number of hydrogen-bond donors (Lipinski definition) is 0. The molecule has 84 valence electrons. The Morgan fingerprint density at radius 2 is 1.67 bits per heavy atom. The van der Waals surface area contributed by atoms with Gasteiger partial charge in [0.1, 0.15) is 0 Å². The van der Waals surface area contributed by atoms with Crippen molar-refractivity contribution in [2.45, 2.75) is 30.8 Å². The molecule has 1 aromatic carbocycles. The molecule has 0 unspecified atom stereocenters. The minimum Gasteiger partial charge on any atom is -0.170 e. The summed E-state index contributed by atoms with van der Waals surface area (Å²) in [5.74, 6) is -0.416. The van der Waals surface area contributed by atoms with Crippen LogP contribution in [0.15, 0.2) is 29.2 Å². The summed E-state index contributed by atoms with van der Waals surface area (Å²) in [5, 5.41) is 0. The van der Waals surface area contributed by atoms with E-state index < -0.39 is 11.9 Å². The number of alkyl halides is 3. The lowest BCUT2D eigenvalue weighted by Gasteiger charge is -2.08. The molecule has 1 aromatic rings. The van der Waals surface area contributed by atoms with Crippen molar-refractivity contribution in [3.63, 3.8) is 0 Å². The van der Waals surface area contributed by atoms with Gasteiger partial charge in [-0.25, -0.2) is 0 Å². The van der Waals surface area contributed by atoms with Gasteiger partial charge in [-0.3, -0.25) is 0 Å². The van der Waals surface area contributed by atoms with Crippen LogP contribution in [-0.4, -0.2) is 11.9 Å². The molecule has 0 N–H and O–H groups in total. The van der Waals surface area contributed by atoms with Crippen LogP contribution in [0.1, 0.15) is 25.3 Å². The standard InChI is InChI=1S/C11H13F3S/c1-8(2)9-3-5-10(6-4-9)15-7-11(12,13)14/h3-6,8H,7H2,1-2H3. The molecule has 0 bridgehead atoms. The first-order valence-corrected chi connectivity index (χ1v) is 5.66. The summed E-state index contributed by atoms with van der Waals surface area (Å²) in [6, 6.07) is 7.24. The number of hydrogen-bond acceptors (Lipinski definition) is 1. The second-order valence-corrected chi connectivity index (χ2v) is 4.68. The average Bonchev–Trinajstić information content (AvgIpc) is 2.14. The molecule has 0 radical (unpaired) electrons. The van der Waals surface area contributed by atoms with E-state index in [4.69, 9.17) is 0 Å². The summed E-state index contributed by atoms with van der Waals surface area (Å²) >= 11 is 0.823. The van der Waals surface area contributed by atoms with E-state index in [1.54, 1.807) is 12.1 Å². The quantitative estimate of drug-likeness (QED) is 0.695. The Bertz CT molecular complexity index is 301. The molecular weight excluding hydrogens is 221 g/mol. The molecule has 0 atom stereocenters. The van der Waals surface area contributed by atoms with Gasteiger partial charge in [-0.15, -0.1) is 11.8 Å². The normalized spacial score (nSPS) is 12.1. The number of benzene rings is 1. The van der Waals surface area contributed by atoms with Gasteiger partial charge in [0.05, 0.1) is 5.75 Å². The van der Waals surface area contributed by atoms with Crippen LogP contribution in [0.3, 0.4) is 0 Å². The summed E-state index contributed by atoms with van der Waals surface area (Å²) in [5.41, 5.74) is 1.14. The monoisotopic (exact) mass is 234 g/mol. The SMILES string of the molecule is CC(C)c1ccc(SCC(F)(F)F)cc1. The van der Waals surface area contributed by atoms with Crippen LogP contribution in [-0.2, 0) is 0 Å². The lowest BCUT2D eigenvalue weighted by Crippen LogP contribution is -2.10. The lowest BCUT2D eigenvalue weighted by molar-refractivity contribution is -0.105. The Kier molecular flexibility index (Phi) is 4.08. The lowest BCUT2D eigenvalue weighted by atomic mass is 10.0. The smallest absolute Gasteiger partial charge is 0.170 e. The van der Waals surface area contributed by atoms with Crippen molar-refractivity contribution >= 4 is 11.8 Å². The van der Waals surface area contributed by atoms with Crippen LogP contribution < -0.4 is 0 Å². The van der Waals surface area contributed by atoms with Crippen LogP contribution in [0.25, 0.3) is 0 Å². The van der Waals surface area contributed by atoms with Gasteiger partial charge in [-0.2, -0.15) is 13.2 Å². The maximum atomic E-state index is 11.9. The third-order valence-electron chi connectivity index (χ3n) is 1.95. The number of halogens is 3. The Hall–Kier alpha value is -0.640. The molecule has 0 nitrogen and oxygen atoms in total. The molecule has 0 fully saturated rings. The molecule has 15 heavy (non-hydrogen) atoms. The molecule has 0 aromatic heterocycles. The summed E-state index contributed by atoms with van der Waals surface area (Å²) in [7, 11) is 0. The fraction of sp³-hybridized carbons (Fsp3) is 0.455. The number of rotatable bonds is 3. The van der Waals surface area contributed by atoms with Crippen molar-refractivity contribution in [3.8, 4) is 0 Å². The minimum atomic E-state index is -4.10. The zero-order valence-electron chi connectivity index (χ0n) is 8.64. The van der Waals surface area contributed by atoms with Gasteiger partial charge in [-0.05, 0) is 23.6 Å². The summed E-state index contributed by atoms with van der Waals surface area (Å²) < 4.78 is 35.8. The highest BCUT2D eigenvalue weighted by molar-refractivity contribution is 7.99. The van der Waals surface area contributed by atoms with E-state index in [0.29, 0.717) is 10.8 Å². The molecule has 0 aliphatic carbocycles. The Morgan fingerprint density at radius 3 is 2.07 bits per heavy atom. The van der Waals surface area contributed by atoms with E-state index in [0.717, 1.165) is 17.3 Å². The van der Waals surface area contributed by atoms with Gasteiger partial charge in [-0.1, -0.05) is 26.0 Å². The molecular formula is C11H13F3S. The Morgan fingerprint density at radius 1 is 1.13 bits per heavy atom. The molecule has 0 amide bonds. The van der Waals surface area contributed by atoms with E-state index >= 15 is 0 Å².